The molecule has 0 unspecified atom stereocenters. The van der Waals surface area contributed by atoms with Crippen molar-refractivity contribution in [2.75, 3.05) is 6.61 Å². The molecule has 1 N–H and O–H groups in total. The molecule has 1 heterocycles. The highest BCUT2D eigenvalue weighted by atomic mass is 16.3. The summed E-state index contributed by atoms with van der Waals surface area (Å²) in [4.78, 5) is 0. The van der Waals surface area contributed by atoms with Crippen LogP contribution in [0.5, 0.6) is 0 Å². The van der Waals surface area contributed by atoms with Crippen molar-refractivity contribution in [3.05, 3.63) is 23.7 Å². The van der Waals surface area contributed by atoms with E-state index in [1.165, 1.54) is 18.4 Å². The molecule has 0 amide bonds. The summed E-state index contributed by atoms with van der Waals surface area (Å²) in [6.07, 6.45) is 6.94. The Hall–Kier alpha value is -0.760. The van der Waals surface area contributed by atoms with Gasteiger partial charge in [0.2, 0.25) is 0 Å². The number of aryl methyl sites for hydroxylation is 2. The van der Waals surface area contributed by atoms with Crippen LogP contribution in [0.3, 0.4) is 0 Å². The molecule has 1 aromatic rings. The Labute approximate surface area is 79.6 Å². The minimum absolute atomic E-state index is 0.244. The van der Waals surface area contributed by atoms with E-state index < -0.39 is 0 Å². The second-order valence-electron chi connectivity index (χ2n) is 3.30. The quantitative estimate of drug-likeness (QED) is 0.733. The first kappa shape index (κ1) is 10.3. The number of hydrogen-bond donors (Lipinski definition) is 1. The second-order valence-corrected chi connectivity index (χ2v) is 3.30. The van der Waals surface area contributed by atoms with Gasteiger partial charge in [-0.05, 0) is 30.9 Å². The Morgan fingerprint density at radius 1 is 1.31 bits per heavy atom. The summed E-state index contributed by atoms with van der Waals surface area (Å²) >= 11 is 0. The third-order valence-corrected chi connectivity index (χ3v) is 2.20. The fourth-order valence-electron chi connectivity index (χ4n) is 1.42. The van der Waals surface area contributed by atoms with E-state index in [2.05, 4.69) is 6.92 Å². The number of unbranched alkanes of at least 4 members (excludes halogenated alkanes) is 1. The van der Waals surface area contributed by atoms with Crippen molar-refractivity contribution in [3.63, 3.8) is 0 Å². The van der Waals surface area contributed by atoms with Gasteiger partial charge < -0.3 is 9.52 Å². The molecule has 0 saturated heterocycles. The minimum atomic E-state index is 0.244. The first-order valence-electron chi connectivity index (χ1n) is 5.04. The van der Waals surface area contributed by atoms with Crippen molar-refractivity contribution in [2.45, 2.75) is 39.0 Å². The van der Waals surface area contributed by atoms with Crippen LogP contribution < -0.4 is 0 Å². The van der Waals surface area contributed by atoms with Crippen LogP contribution in [0.1, 0.15) is 37.5 Å². The number of furan rings is 1. The molecule has 2 heteroatoms. The van der Waals surface area contributed by atoms with Crippen LogP contribution in [0, 0.1) is 0 Å². The molecule has 2 nitrogen and oxygen atoms in total. The van der Waals surface area contributed by atoms with Gasteiger partial charge in [0.15, 0.2) is 0 Å². The van der Waals surface area contributed by atoms with Gasteiger partial charge in [-0.2, -0.15) is 0 Å². The smallest absolute Gasteiger partial charge is 0.107 e. The molecule has 13 heavy (non-hydrogen) atoms. The Morgan fingerprint density at radius 3 is 2.85 bits per heavy atom. The number of aliphatic hydroxyl groups is 1. The molecule has 0 aliphatic rings. The van der Waals surface area contributed by atoms with Gasteiger partial charge >= 0.3 is 0 Å². The van der Waals surface area contributed by atoms with Crippen molar-refractivity contribution < 1.29 is 9.52 Å². The van der Waals surface area contributed by atoms with E-state index in [1.807, 2.05) is 6.07 Å². The van der Waals surface area contributed by atoms with Crippen LogP contribution in [-0.4, -0.2) is 11.7 Å². The summed E-state index contributed by atoms with van der Waals surface area (Å²) in [5.41, 5.74) is 1.32. The predicted octanol–water partition coefficient (Wildman–Crippen LogP) is 2.55. The Balaban J connectivity index is 2.45. The predicted molar refractivity (Wildman–Crippen MR) is 52.7 cm³/mol. The topological polar surface area (TPSA) is 33.4 Å². The summed E-state index contributed by atoms with van der Waals surface area (Å²) in [7, 11) is 0. The minimum Gasteiger partial charge on any atom is -0.469 e. The molecule has 0 atom stereocenters. The molecule has 0 radical (unpaired) electrons. The Morgan fingerprint density at radius 2 is 2.15 bits per heavy atom. The average Bonchev–Trinajstić information content (AvgIpc) is 2.59. The Bertz CT molecular complexity index is 205. The fraction of sp³-hybridized carbons (Fsp3) is 0.636. The lowest BCUT2D eigenvalue weighted by atomic mass is 10.1. The standard InChI is InChI=1S/C11H18O2/c1-2-3-5-10-7-9-13-11(10)6-4-8-12/h7,9,12H,2-6,8H2,1H3. The molecular weight excluding hydrogens is 164 g/mol. The van der Waals surface area contributed by atoms with E-state index in [0.717, 1.165) is 25.0 Å². The van der Waals surface area contributed by atoms with E-state index in [-0.39, 0.29) is 6.61 Å². The zero-order valence-electron chi connectivity index (χ0n) is 8.25. The van der Waals surface area contributed by atoms with Gasteiger partial charge in [0.05, 0.1) is 6.26 Å². The summed E-state index contributed by atoms with van der Waals surface area (Å²) in [5, 5.41) is 8.69. The lowest BCUT2D eigenvalue weighted by Gasteiger charge is -2.00. The second kappa shape index (κ2) is 5.81. The highest BCUT2D eigenvalue weighted by Crippen LogP contribution is 2.15. The maximum Gasteiger partial charge on any atom is 0.107 e. The maximum atomic E-state index is 8.69. The summed E-state index contributed by atoms with van der Waals surface area (Å²) in [6, 6.07) is 2.04. The van der Waals surface area contributed by atoms with Crippen LogP contribution in [-0.2, 0) is 12.8 Å². The van der Waals surface area contributed by atoms with Gasteiger partial charge in [-0.15, -0.1) is 0 Å². The van der Waals surface area contributed by atoms with Gasteiger partial charge in [-0.3, -0.25) is 0 Å². The van der Waals surface area contributed by atoms with Crippen LogP contribution in [0.25, 0.3) is 0 Å². The van der Waals surface area contributed by atoms with E-state index in [0.29, 0.717) is 0 Å². The van der Waals surface area contributed by atoms with Gasteiger partial charge in [0, 0.05) is 13.0 Å². The van der Waals surface area contributed by atoms with Crippen LogP contribution in [0.15, 0.2) is 16.7 Å². The highest BCUT2D eigenvalue weighted by Gasteiger charge is 2.04. The number of rotatable bonds is 6. The molecular formula is C11H18O2. The first-order chi connectivity index (χ1) is 6.38. The van der Waals surface area contributed by atoms with Gasteiger partial charge in [0.25, 0.3) is 0 Å². The fourth-order valence-corrected chi connectivity index (χ4v) is 1.42. The van der Waals surface area contributed by atoms with Crippen molar-refractivity contribution in [1.82, 2.24) is 0 Å². The van der Waals surface area contributed by atoms with E-state index in [9.17, 15) is 0 Å². The molecule has 0 saturated carbocycles. The molecule has 0 spiro atoms. The molecule has 1 aromatic heterocycles. The van der Waals surface area contributed by atoms with Gasteiger partial charge in [-0.25, -0.2) is 0 Å². The lowest BCUT2D eigenvalue weighted by Crippen LogP contribution is -1.92. The molecule has 74 valence electrons. The molecule has 0 fully saturated rings. The third kappa shape index (κ3) is 3.23. The molecule has 0 aromatic carbocycles. The monoisotopic (exact) mass is 182 g/mol. The first-order valence-corrected chi connectivity index (χ1v) is 5.04. The average molecular weight is 182 g/mol. The van der Waals surface area contributed by atoms with Crippen molar-refractivity contribution in [3.8, 4) is 0 Å². The maximum absolute atomic E-state index is 8.69. The zero-order chi connectivity index (χ0) is 9.52. The van der Waals surface area contributed by atoms with Crippen molar-refractivity contribution >= 4 is 0 Å². The summed E-state index contributed by atoms with van der Waals surface area (Å²) in [5.74, 6) is 1.06. The van der Waals surface area contributed by atoms with Gasteiger partial charge in [0.1, 0.15) is 5.76 Å². The van der Waals surface area contributed by atoms with Crippen LogP contribution in [0.4, 0.5) is 0 Å². The number of hydrogen-bond acceptors (Lipinski definition) is 2. The van der Waals surface area contributed by atoms with Crippen molar-refractivity contribution in [2.24, 2.45) is 0 Å². The SMILES string of the molecule is CCCCc1ccoc1CCCO. The largest absolute Gasteiger partial charge is 0.469 e. The van der Waals surface area contributed by atoms with E-state index >= 15 is 0 Å². The van der Waals surface area contributed by atoms with Crippen LogP contribution >= 0.6 is 0 Å². The summed E-state index contributed by atoms with van der Waals surface area (Å²) < 4.78 is 5.35. The summed E-state index contributed by atoms with van der Waals surface area (Å²) in [6.45, 7) is 2.43. The van der Waals surface area contributed by atoms with E-state index in [1.54, 1.807) is 6.26 Å². The highest BCUT2D eigenvalue weighted by molar-refractivity contribution is 5.17. The zero-order valence-corrected chi connectivity index (χ0v) is 8.25. The van der Waals surface area contributed by atoms with Gasteiger partial charge in [-0.1, -0.05) is 13.3 Å². The third-order valence-electron chi connectivity index (χ3n) is 2.20. The molecule has 0 aliphatic carbocycles. The van der Waals surface area contributed by atoms with Crippen LogP contribution in [0.2, 0.25) is 0 Å². The Kier molecular flexibility index (Phi) is 4.61. The van der Waals surface area contributed by atoms with Crippen molar-refractivity contribution in [1.29, 1.82) is 0 Å². The van der Waals surface area contributed by atoms with E-state index in [4.69, 9.17) is 9.52 Å². The normalized spacial score (nSPS) is 10.6. The molecule has 1 rings (SSSR count). The number of aliphatic hydroxyl groups excluding tert-OH is 1. The molecule has 0 bridgehead atoms. The molecule has 0 aliphatic heterocycles. The lowest BCUT2D eigenvalue weighted by molar-refractivity contribution is 0.284.